The monoisotopic (exact) mass is 271 g/mol. The van der Waals surface area contributed by atoms with Crippen LogP contribution in [-0.4, -0.2) is 35.6 Å². The molecule has 0 amide bonds. The number of nitrogens with zero attached hydrogens (tertiary/aromatic N) is 3. The Balaban J connectivity index is 2.24. The van der Waals surface area contributed by atoms with Crippen LogP contribution in [0.5, 0.6) is 0 Å². The van der Waals surface area contributed by atoms with E-state index in [0.717, 1.165) is 6.54 Å². The number of rotatable bonds is 6. The second-order valence-corrected chi connectivity index (χ2v) is 6.62. The van der Waals surface area contributed by atoms with Gasteiger partial charge in [-0.3, -0.25) is 4.68 Å². The molecule has 1 saturated carbocycles. The Hall–Kier alpha value is -0.880. The predicted octanol–water partition coefficient (Wildman–Crippen LogP) is 1.71. The summed E-state index contributed by atoms with van der Waals surface area (Å²) in [5.74, 6) is 0.593. The molecule has 0 saturated heterocycles. The molecule has 1 aliphatic carbocycles. The van der Waals surface area contributed by atoms with Crippen LogP contribution in [0.2, 0.25) is 0 Å². The lowest BCUT2D eigenvalue weighted by molar-refractivity contribution is 0.257. The van der Waals surface area contributed by atoms with Crippen molar-refractivity contribution < 1.29 is 8.42 Å². The van der Waals surface area contributed by atoms with E-state index in [1.54, 1.807) is 16.9 Å². The van der Waals surface area contributed by atoms with Gasteiger partial charge < -0.3 is 0 Å². The summed E-state index contributed by atoms with van der Waals surface area (Å²) in [6.45, 7) is 5.42. The summed E-state index contributed by atoms with van der Waals surface area (Å²) in [5.41, 5.74) is 0. The summed E-state index contributed by atoms with van der Waals surface area (Å²) < 4.78 is 28.0. The molecule has 1 aliphatic rings. The van der Waals surface area contributed by atoms with Crippen molar-refractivity contribution in [3.8, 4) is 0 Å². The average Bonchev–Trinajstić information content (AvgIpc) is 2.73. The molecule has 1 aromatic heterocycles. The van der Waals surface area contributed by atoms with Gasteiger partial charge in [-0.15, -0.1) is 0 Å². The zero-order valence-electron chi connectivity index (χ0n) is 11.0. The molecule has 0 aliphatic heterocycles. The Morgan fingerprint density at radius 2 is 2.06 bits per heavy atom. The van der Waals surface area contributed by atoms with Gasteiger partial charge >= 0.3 is 0 Å². The summed E-state index contributed by atoms with van der Waals surface area (Å²) in [4.78, 5) is 0. The molecule has 1 heterocycles. The Bertz CT molecular complexity index is 487. The number of sulfonamides is 1. The summed E-state index contributed by atoms with van der Waals surface area (Å²) >= 11 is 0. The van der Waals surface area contributed by atoms with E-state index >= 15 is 0 Å². The zero-order valence-corrected chi connectivity index (χ0v) is 11.9. The molecule has 18 heavy (non-hydrogen) atoms. The van der Waals surface area contributed by atoms with Crippen LogP contribution in [0.1, 0.15) is 33.1 Å². The highest BCUT2D eigenvalue weighted by Crippen LogP contribution is 2.28. The van der Waals surface area contributed by atoms with Gasteiger partial charge in [-0.1, -0.05) is 20.3 Å². The minimum Gasteiger partial charge on any atom is -0.253 e. The Morgan fingerprint density at radius 1 is 1.39 bits per heavy atom. The third-order valence-corrected chi connectivity index (χ3v) is 5.71. The van der Waals surface area contributed by atoms with E-state index in [-0.39, 0.29) is 0 Å². The average molecular weight is 271 g/mol. The fourth-order valence-electron chi connectivity index (χ4n) is 2.29. The van der Waals surface area contributed by atoms with Crippen LogP contribution in [0, 0.1) is 5.92 Å². The molecular formula is C12H21N3O2S. The third kappa shape index (κ3) is 2.44. The summed E-state index contributed by atoms with van der Waals surface area (Å²) in [6.07, 6.45) is 5.20. The number of hydrogen-bond donors (Lipinski definition) is 0. The van der Waals surface area contributed by atoms with Crippen LogP contribution in [0.3, 0.4) is 0 Å². The minimum absolute atomic E-state index is 0.332. The quantitative estimate of drug-likeness (QED) is 0.791. The maximum Gasteiger partial charge on any atom is 0.260 e. The van der Waals surface area contributed by atoms with Crippen molar-refractivity contribution in [2.24, 2.45) is 5.92 Å². The first-order chi connectivity index (χ1) is 8.59. The van der Waals surface area contributed by atoms with Gasteiger partial charge in [0.15, 0.2) is 5.03 Å². The largest absolute Gasteiger partial charge is 0.260 e. The highest BCUT2D eigenvalue weighted by Gasteiger charge is 2.27. The standard InChI is InChI=1S/C12H21N3O2S/c1-3-14(4-2)18(16,17)12-8-9-13-15(12)10-11-6-5-7-11/h8-9,11H,3-7,10H2,1-2H3. The molecule has 0 bridgehead atoms. The number of aromatic nitrogens is 2. The van der Waals surface area contributed by atoms with Gasteiger partial charge in [0.2, 0.25) is 0 Å². The van der Waals surface area contributed by atoms with Crippen molar-refractivity contribution in [1.82, 2.24) is 14.1 Å². The zero-order chi connectivity index (χ0) is 13.2. The summed E-state index contributed by atoms with van der Waals surface area (Å²) in [5, 5.41) is 4.50. The predicted molar refractivity (Wildman–Crippen MR) is 69.7 cm³/mol. The molecule has 102 valence electrons. The van der Waals surface area contributed by atoms with Gasteiger partial charge in [-0.2, -0.15) is 9.40 Å². The van der Waals surface area contributed by atoms with Crippen LogP contribution in [-0.2, 0) is 16.6 Å². The third-order valence-electron chi connectivity index (χ3n) is 3.64. The molecular weight excluding hydrogens is 250 g/mol. The smallest absolute Gasteiger partial charge is 0.253 e. The molecule has 0 N–H and O–H groups in total. The topological polar surface area (TPSA) is 55.2 Å². The lowest BCUT2D eigenvalue weighted by atomic mass is 9.85. The van der Waals surface area contributed by atoms with Gasteiger partial charge in [0.05, 0.1) is 6.20 Å². The first-order valence-corrected chi connectivity index (χ1v) is 8.05. The van der Waals surface area contributed by atoms with Crippen LogP contribution in [0.25, 0.3) is 0 Å². The molecule has 0 unspecified atom stereocenters. The van der Waals surface area contributed by atoms with Gasteiger partial charge in [0, 0.05) is 19.6 Å². The van der Waals surface area contributed by atoms with Gasteiger partial charge in [-0.25, -0.2) is 8.42 Å². The second-order valence-electron chi connectivity index (χ2n) is 4.74. The fraction of sp³-hybridized carbons (Fsp3) is 0.750. The molecule has 0 radical (unpaired) electrons. The Kier molecular flexibility index (Phi) is 4.07. The van der Waals surface area contributed by atoms with E-state index in [9.17, 15) is 8.42 Å². The van der Waals surface area contributed by atoms with E-state index in [1.165, 1.54) is 23.6 Å². The Labute approximate surface area is 109 Å². The summed E-state index contributed by atoms with van der Waals surface area (Å²) in [7, 11) is -3.38. The van der Waals surface area contributed by atoms with Crippen molar-refractivity contribution in [1.29, 1.82) is 0 Å². The second kappa shape index (κ2) is 5.40. The van der Waals surface area contributed by atoms with Crippen LogP contribution in [0.15, 0.2) is 17.3 Å². The SMILES string of the molecule is CCN(CC)S(=O)(=O)c1ccnn1CC1CCC1. The highest BCUT2D eigenvalue weighted by atomic mass is 32.2. The molecule has 0 spiro atoms. The van der Waals surface area contributed by atoms with Crippen molar-refractivity contribution >= 4 is 10.0 Å². The number of hydrogen-bond acceptors (Lipinski definition) is 3. The van der Waals surface area contributed by atoms with E-state index in [0.29, 0.717) is 24.0 Å². The molecule has 6 heteroatoms. The lowest BCUT2D eigenvalue weighted by Gasteiger charge is -2.26. The fourth-order valence-corrected chi connectivity index (χ4v) is 3.86. The minimum atomic E-state index is -3.38. The molecule has 1 fully saturated rings. The van der Waals surface area contributed by atoms with Crippen molar-refractivity contribution in [3.63, 3.8) is 0 Å². The maximum atomic E-state index is 12.4. The highest BCUT2D eigenvalue weighted by molar-refractivity contribution is 7.89. The first-order valence-electron chi connectivity index (χ1n) is 6.61. The van der Waals surface area contributed by atoms with E-state index < -0.39 is 10.0 Å². The molecule has 2 rings (SSSR count). The van der Waals surface area contributed by atoms with Gasteiger partial charge in [0.25, 0.3) is 10.0 Å². The Morgan fingerprint density at radius 3 is 2.56 bits per heavy atom. The van der Waals surface area contributed by atoms with E-state index in [4.69, 9.17) is 0 Å². The van der Waals surface area contributed by atoms with E-state index in [1.807, 2.05) is 13.8 Å². The van der Waals surface area contributed by atoms with Crippen molar-refractivity contribution in [2.75, 3.05) is 13.1 Å². The van der Waals surface area contributed by atoms with Crippen molar-refractivity contribution in [2.45, 2.75) is 44.7 Å². The molecule has 5 nitrogen and oxygen atoms in total. The lowest BCUT2D eigenvalue weighted by Crippen LogP contribution is -2.33. The molecule has 0 aromatic carbocycles. The molecule has 0 atom stereocenters. The van der Waals surface area contributed by atoms with Crippen LogP contribution < -0.4 is 0 Å². The van der Waals surface area contributed by atoms with Crippen LogP contribution >= 0.6 is 0 Å². The summed E-state index contributed by atoms with van der Waals surface area (Å²) in [6, 6.07) is 1.60. The van der Waals surface area contributed by atoms with E-state index in [2.05, 4.69) is 5.10 Å². The molecule has 1 aromatic rings. The van der Waals surface area contributed by atoms with Gasteiger partial charge in [0.1, 0.15) is 0 Å². The normalized spacial score (nSPS) is 17.1. The first kappa shape index (κ1) is 13.5. The maximum absolute atomic E-state index is 12.4. The van der Waals surface area contributed by atoms with Crippen LogP contribution in [0.4, 0.5) is 0 Å². The van der Waals surface area contributed by atoms with Gasteiger partial charge in [-0.05, 0) is 24.8 Å². The van der Waals surface area contributed by atoms with Crippen molar-refractivity contribution in [3.05, 3.63) is 12.3 Å².